The predicted octanol–water partition coefficient (Wildman–Crippen LogP) is 4.40. The summed E-state index contributed by atoms with van der Waals surface area (Å²) in [5.41, 5.74) is 7.43. The average Bonchev–Trinajstić information content (AvgIpc) is 3.25. The summed E-state index contributed by atoms with van der Waals surface area (Å²) in [6.45, 7) is 0.414. The maximum Gasteiger partial charge on any atom is 0.310 e. The largest absolute Gasteiger partial charge is 0.489 e. The van der Waals surface area contributed by atoms with Crippen LogP contribution in [0.5, 0.6) is 5.75 Å². The van der Waals surface area contributed by atoms with E-state index in [-0.39, 0.29) is 17.4 Å². The Morgan fingerprint density at radius 1 is 1.08 bits per heavy atom. The summed E-state index contributed by atoms with van der Waals surface area (Å²) in [5, 5.41) is 10.5. The van der Waals surface area contributed by atoms with Gasteiger partial charge in [0.2, 0.25) is 11.6 Å². The van der Waals surface area contributed by atoms with Crippen LogP contribution in [0.25, 0.3) is 0 Å². The highest BCUT2D eigenvalue weighted by Crippen LogP contribution is 2.51. The number of carbonyl (C=O) groups excluding carboxylic acids is 1. The molecule has 0 bridgehead atoms. The molecule has 2 atom stereocenters. The molecule has 9 heteroatoms. The lowest BCUT2D eigenvalue weighted by Crippen LogP contribution is -2.53. The first kappa shape index (κ1) is 26.5. The number of carboxylic acids is 1. The molecule has 5 N–H and O–H groups in total. The van der Waals surface area contributed by atoms with Crippen LogP contribution in [-0.4, -0.2) is 33.6 Å². The van der Waals surface area contributed by atoms with Crippen LogP contribution in [0, 0.1) is 11.3 Å². The molecular weight excluding hydrogens is 494 g/mol. The minimum Gasteiger partial charge on any atom is -0.489 e. The molecule has 9 nitrogen and oxygen atoms in total. The third kappa shape index (κ3) is 5.15. The first-order valence-corrected chi connectivity index (χ1v) is 13.3. The Morgan fingerprint density at radius 3 is 2.56 bits per heavy atom. The maximum atomic E-state index is 12.9. The van der Waals surface area contributed by atoms with Crippen molar-refractivity contribution < 1.29 is 24.0 Å². The second kappa shape index (κ2) is 11.0. The second-order valence-corrected chi connectivity index (χ2v) is 10.4. The second-order valence-electron chi connectivity index (χ2n) is 10.4. The fourth-order valence-electron chi connectivity index (χ4n) is 5.98. The molecule has 0 saturated heterocycles. The van der Waals surface area contributed by atoms with Crippen LogP contribution in [0.1, 0.15) is 56.1 Å². The van der Waals surface area contributed by atoms with Gasteiger partial charge in [-0.05, 0) is 43.0 Å². The molecule has 5 rings (SSSR count). The van der Waals surface area contributed by atoms with Gasteiger partial charge in [-0.25, -0.2) is 0 Å². The summed E-state index contributed by atoms with van der Waals surface area (Å²) in [5.74, 6) is 6.28. The fraction of sp³-hybridized carbons (Fsp3) is 0.333. The van der Waals surface area contributed by atoms with Crippen molar-refractivity contribution in [2.45, 2.75) is 51.6 Å². The molecule has 0 spiro atoms. The number of aliphatic carboxylic acids is 1. The molecule has 1 amide bonds. The van der Waals surface area contributed by atoms with Gasteiger partial charge in [0.05, 0.1) is 23.4 Å². The van der Waals surface area contributed by atoms with Crippen molar-refractivity contribution in [2.24, 2.45) is 32.9 Å². The Labute approximate surface area is 227 Å². The number of benzene rings is 2. The van der Waals surface area contributed by atoms with Gasteiger partial charge in [-0.1, -0.05) is 55.7 Å². The van der Waals surface area contributed by atoms with Gasteiger partial charge in [0.25, 0.3) is 5.84 Å². The number of amidine groups is 1. The SMILES string of the molecule is NC(=O)CCC(C1=C2C=NC=C[N+]2(N)C(c2cccc(OCc3ccccc3)c2)=N1)C1(C(=O)O)CCCCC1. The number of carbonyl (C=O) groups is 2. The lowest BCUT2D eigenvalue weighted by molar-refractivity contribution is -0.750. The number of rotatable bonds is 10. The Bertz CT molecular complexity index is 1370. The van der Waals surface area contributed by atoms with Crippen LogP contribution in [0.4, 0.5) is 0 Å². The van der Waals surface area contributed by atoms with E-state index in [1.165, 1.54) is 0 Å². The van der Waals surface area contributed by atoms with Gasteiger partial charge in [-0.2, -0.15) is 10.8 Å². The highest BCUT2D eigenvalue weighted by molar-refractivity contribution is 6.00. The normalized spacial score (nSPS) is 22.2. The summed E-state index contributed by atoms with van der Waals surface area (Å²) < 4.78 is 5.81. The number of fused-ring (bicyclic) bond motifs is 1. The molecule has 0 aromatic heterocycles. The van der Waals surface area contributed by atoms with Crippen LogP contribution in [0.15, 0.2) is 88.4 Å². The first-order chi connectivity index (χ1) is 18.8. The van der Waals surface area contributed by atoms with E-state index >= 15 is 0 Å². The number of hydrogen-bond donors (Lipinski definition) is 3. The molecule has 2 heterocycles. The minimum absolute atomic E-state index is 0.0572. The van der Waals surface area contributed by atoms with Gasteiger partial charge < -0.3 is 15.6 Å². The Kier molecular flexibility index (Phi) is 7.45. The maximum absolute atomic E-state index is 12.9. The number of primary amides is 1. The van der Waals surface area contributed by atoms with Crippen LogP contribution in [0.3, 0.4) is 0 Å². The van der Waals surface area contributed by atoms with Gasteiger partial charge in [0, 0.05) is 12.3 Å². The zero-order valence-corrected chi connectivity index (χ0v) is 21.8. The summed E-state index contributed by atoms with van der Waals surface area (Å²) in [6, 6.07) is 17.5. The molecule has 1 aliphatic carbocycles. The lowest BCUT2D eigenvalue weighted by Gasteiger charge is -2.40. The third-order valence-electron chi connectivity index (χ3n) is 8.01. The summed E-state index contributed by atoms with van der Waals surface area (Å²) in [6.07, 6.45) is 8.93. The van der Waals surface area contributed by atoms with E-state index in [0.29, 0.717) is 42.4 Å². The van der Waals surface area contributed by atoms with E-state index in [2.05, 4.69) is 4.99 Å². The van der Waals surface area contributed by atoms with Gasteiger partial charge in [-0.15, -0.1) is 4.59 Å². The van der Waals surface area contributed by atoms with E-state index in [1.807, 2.05) is 54.6 Å². The molecule has 2 aromatic rings. The van der Waals surface area contributed by atoms with Crippen LogP contribution < -0.4 is 16.3 Å². The van der Waals surface area contributed by atoms with Gasteiger partial charge in [0.1, 0.15) is 24.3 Å². The van der Waals surface area contributed by atoms with Crippen molar-refractivity contribution in [1.82, 2.24) is 0 Å². The summed E-state index contributed by atoms with van der Waals surface area (Å²) >= 11 is 0. The number of carboxylic acid groups (broad SMARTS) is 1. The number of quaternary nitrogens is 1. The molecule has 2 aliphatic heterocycles. The number of ether oxygens (including phenoxy) is 1. The fourth-order valence-corrected chi connectivity index (χ4v) is 5.98. The van der Waals surface area contributed by atoms with Gasteiger partial charge >= 0.3 is 5.97 Å². The molecule has 202 valence electrons. The van der Waals surface area contributed by atoms with Crippen molar-refractivity contribution in [1.29, 1.82) is 0 Å². The van der Waals surface area contributed by atoms with Crippen molar-refractivity contribution in [3.05, 3.63) is 89.5 Å². The molecule has 3 aliphatic rings. The number of aliphatic imine (C=N–C) groups is 2. The summed E-state index contributed by atoms with van der Waals surface area (Å²) in [4.78, 5) is 34.1. The van der Waals surface area contributed by atoms with Crippen molar-refractivity contribution >= 4 is 23.9 Å². The van der Waals surface area contributed by atoms with Crippen LogP contribution in [0.2, 0.25) is 0 Å². The Hall–Kier alpha value is -4.08. The van der Waals surface area contributed by atoms with Gasteiger partial charge in [-0.3, -0.25) is 14.6 Å². The van der Waals surface area contributed by atoms with E-state index in [0.717, 1.165) is 30.4 Å². The minimum atomic E-state index is -1.06. The molecule has 1 saturated carbocycles. The van der Waals surface area contributed by atoms with Crippen molar-refractivity contribution in [2.75, 3.05) is 0 Å². The van der Waals surface area contributed by atoms with E-state index in [4.69, 9.17) is 21.3 Å². The zero-order valence-electron chi connectivity index (χ0n) is 21.8. The lowest BCUT2D eigenvalue weighted by atomic mass is 9.63. The number of nitrogens with zero attached hydrogens (tertiary/aromatic N) is 3. The number of hydrogen-bond acceptors (Lipinski definition) is 6. The molecular formula is C30H34N5O4+. The highest BCUT2D eigenvalue weighted by Gasteiger charge is 2.54. The van der Waals surface area contributed by atoms with Crippen LogP contribution >= 0.6 is 0 Å². The zero-order chi connectivity index (χ0) is 27.5. The predicted molar refractivity (Wildman–Crippen MR) is 148 cm³/mol. The number of allylic oxidation sites excluding steroid dienone is 2. The average molecular weight is 529 g/mol. The van der Waals surface area contributed by atoms with E-state index in [1.54, 1.807) is 18.6 Å². The van der Waals surface area contributed by atoms with E-state index in [9.17, 15) is 14.7 Å². The third-order valence-corrected chi connectivity index (χ3v) is 8.01. The van der Waals surface area contributed by atoms with Crippen LogP contribution in [-0.2, 0) is 16.2 Å². The van der Waals surface area contributed by atoms with E-state index < -0.39 is 23.2 Å². The molecule has 1 fully saturated rings. The molecule has 2 aromatic carbocycles. The van der Waals surface area contributed by atoms with Crippen molar-refractivity contribution in [3.8, 4) is 5.75 Å². The summed E-state index contributed by atoms with van der Waals surface area (Å²) in [7, 11) is 0. The van der Waals surface area contributed by atoms with Gasteiger partial charge in [0.15, 0.2) is 0 Å². The Morgan fingerprint density at radius 2 is 1.85 bits per heavy atom. The Balaban J connectivity index is 1.55. The molecule has 39 heavy (non-hydrogen) atoms. The smallest absolute Gasteiger partial charge is 0.310 e. The monoisotopic (exact) mass is 528 g/mol. The quantitative estimate of drug-likeness (QED) is 0.310. The number of nitrogens with two attached hydrogens (primary N) is 2. The first-order valence-electron chi connectivity index (χ1n) is 13.3. The van der Waals surface area contributed by atoms with Crippen molar-refractivity contribution in [3.63, 3.8) is 0 Å². The topological polar surface area (TPSA) is 140 Å². The number of amides is 1. The highest BCUT2D eigenvalue weighted by atomic mass is 16.5. The standard InChI is InChI=1S/C30H33N5O4/c31-26(36)13-12-24(30(29(37)38)14-5-2-6-15-30)27-25-19-33-16-17-35(25,32)28(34-27)22-10-7-11-23(18-22)39-20-21-8-3-1-4-9-21/h1,3-4,7-11,16-19,24H,2,5-6,12-15,20,32H2,(H2-,31,36,37,38)/p+1. The molecule has 2 unspecified atom stereocenters. The molecule has 0 radical (unpaired) electrons.